The van der Waals surface area contributed by atoms with Crippen molar-refractivity contribution in [3.05, 3.63) is 95.8 Å². The monoisotopic (exact) mass is 393 g/mol. The number of hydrogen-bond donors (Lipinski definition) is 1. The molecule has 3 aromatic carbocycles. The molecule has 0 bridgehead atoms. The van der Waals surface area contributed by atoms with Crippen molar-refractivity contribution in [1.82, 2.24) is 0 Å². The Morgan fingerprint density at radius 2 is 1.59 bits per heavy atom. The number of halogens is 1. The zero-order valence-electron chi connectivity index (χ0n) is 15.8. The highest BCUT2D eigenvalue weighted by molar-refractivity contribution is 5.99. The molecule has 1 N–H and O–H groups in total. The second-order valence-corrected chi connectivity index (χ2v) is 6.09. The highest BCUT2D eigenvalue weighted by atomic mass is 19.1. The lowest BCUT2D eigenvalue weighted by Crippen LogP contribution is -2.26. The topological polar surface area (TPSA) is 64.6 Å². The first-order chi connectivity index (χ1) is 14.1. The minimum absolute atomic E-state index is 0.240. The Morgan fingerprint density at radius 1 is 0.931 bits per heavy atom. The number of carbonyl (C=O) groups excluding carboxylic acids is 2. The fourth-order valence-corrected chi connectivity index (χ4v) is 2.75. The smallest absolute Gasteiger partial charge is 0.342 e. The van der Waals surface area contributed by atoms with Crippen LogP contribution in [0.5, 0.6) is 5.75 Å². The summed E-state index contributed by atoms with van der Waals surface area (Å²) < 4.78 is 24.9. The first-order valence-corrected chi connectivity index (χ1v) is 9.13. The number of para-hydroxylation sites is 2. The third kappa shape index (κ3) is 4.99. The van der Waals surface area contributed by atoms with Gasteiger partial charge in [0.15, 0.2) is 0 Å². The third-order valence-electron chi connectivity index (χ3n) is 4.10. The third-order valence-corrected chi connectivity index (χ3v) is 4.10. The Kier molecular flexibility index (Phi) is 6.58. The summed E-state index contributed by atoms with van der Waals surface area (Å²) in [6.07, 6.45) is -1.27. The van der Waals surface area contributed by atoms with Gasteiger partial charge in [0, 0.05) is 5.56 Å². The van der Waals surface area contributed by atoms with E-state index in [-0.39, 0.29) is 5.56 Å². The van der Waals surface area contributed by atoms with Crippen LogP contribution in [0.1, 0.15) is 28.9 Å². The average Bonchev–Trinajstić information content (AvgIpc) is 2.74. The fraction of sp³-hybridized carbons (Fsp3) is 0.130. The molecule has 29 heavy (non-hydrogen) atoms. The van der Waals surface area contributed by atoms with Crippen LogP contribution in [-0.4, -0.2) is 18.5 Å². The SMILES string of the molecule is CCOc1ccccc1NC(=O)[C@@H](OC(=O)c1ccccc1F)c1ccccc1. The zero-order valence-corrected chi connectivity index (χ0v) is 15.8. The highest BCUT2D eigenvalue weighted by Crippen LogP contribution is 2.27. The Bertz CT molecular complexity index is 991. The van der Waals surface area contributed by atoms with Crippen LogP contribution in [0.3, 0.4) is 0 Å². The van der Waals surface area contributed by atoms with Crippen molar-refractivity contribution >= 4 is 17.6 Å². The second-order valence-electron chi connectivity index (χ2n) is 6.09. The number of rotatable bonds is 7. The largest absolute Gasteiger partial charge is 0.492 e. The maximum Gasteiger partial charge on any atom is 0.342 e. The van der Waals surface area contributed by atoms with Gasteiger partial charge in [-0.05, 0) is 31.2 Å². The molecule has 0 unspecified atom stereocenters. The molecule has 0 saturated carbocycles. The number of hydrogen-bond acceptors (Lipinski definition) is 4. The molecule has 0 saturated heterocycles. The van der Waals surface area contributed by atoms with Gasteiger partial charge in [0.2, 0.25) is 6.10 Å². The summed E-state index contributed by atoms with van der Waals surface area (Å²) in [6, 6.07) is 21.0. The van der Waals surface area contributed by atoms with Gasteiger partial charge in [0.25, 0.3) is 5.91 Å². The predicted molar refractivity (Wildman–Crippen MR) is 107 cm³/mol. The van der Waals surface area contributed by atoms with Gasteiger partial charge in [-0.2, -0.15) is 0 Å². The number of benzene rings is 3. The van der Waals surface area contributed by atoms with Gasteiger partial charge in [-0.1, -0.05) is 54.6 Å². The molecule has 3 aromatic rings. The highest BCUT2D eigenvalue weighted by Gasteiger charge is 2.27. The molecule has 3 rings (SSSR count). The van der Waals surface area contributed by atoms with Gasteiger partial charge in [0.05, 0.1) is 17.9 Å². The molecule has 0 aromatic heterocycles. The van der Waals surface area contributed by atoms with E-state index in [4.69, 9.17) is 9.47 Å². The molecule has 1 amide bonds. The summed E-state index contributed by atoms with van der Waals surface area (Å²) in [4.78, 5) is 25.5. The van der Waals surface area contributed by atoms with Crippen LogP contribution < -0.4 is 10.1 Å². The molecule has 0 heterocycles. The van der Waals surface area contributed by atoms with Gasteiger partial charge in [-0.15, -0.1) is 0 Å². The summed E-state index contributed by atoms with van der Waals surface area (Å²) >= 11 is 0. The molecule has 0 fully saturated rings. The number of carbonyl (C=O) groups is 2. The lowest BCUT2D eigenvalue weighted by atomic mass is 10.1. The van der Waals surface area contributed by atoms with Gasteiger partial charge in [-0.3, -0.25) is 4.79 Å². The van der Waals surface area contributed by atoms with E-state index < -0.39 is 23.8 Å². The summed E-state index contributed by atoms with van der Waals surface area (Å²) in [5.41, 5.74) is 0.668. The Balaban J connectivity index is 1.87. The minimum Gasteiger partial charge on any atom is -0.492 e. The van der Waals surface area contributed by atoms with Crippen molar-refractivity contribution in [2.24, 2.45) is 0 Å². The number of nitrogens with one attached hydrogen (secondary N) is 1. The Hall–Kier alpha value is -3.67. The molecule has 0 aliphatic heterocycles. The van der Waals surface area contributed by atoms with Crippen molar-refractivity contribution in [1.29, 1.82) is 0 Å². The van der Waals surface area contributed by atoms with Crippen LogP contribution >= 0.6 is 0 Å². The van der Waals surface area contributed by atoms with E-state index in [1.165, 1.54) is 18.2 Å². The first-order valence-electron chi connectivity index (χ1n) is 9.13. The average molecular weight is 393 g/mol. The van der Waals surface area contributed by atoms with Crippen molar-refractivity contribution in [3.63, 3.8) is 0 Å². The van der Waals surface area contributed by atoms with Gasteiger partial charge < -0.3 is 14.8 Å². The molecule has 148 valence electrons. The predicted octanol–water partition coefficient (Wildman–Crippen LogP) is 4.76. The molecule has 1 atom stereocenters. The standard InChI is InChI=1S/C23H20FNO4/c1-2-28-20-15-9-8-14-19(20)25-22(26)21(16-10-4-3-5-11-16)29-23(27)17-12-6-7-13-18(17)24/h3-15,21H,2H2,1H3,(H,25,26)/t21-/m0/s1. The number of esters is 1. The van der Waals surface area contributed by atoms with Crippen molar-refractivity contribution in [3.8, 4) is 5.75 Å². The molecular formula is C23H20FNO4. The summed E-state index contributed by atoms with van der Waals surface area (Å²) in [6.45, 7) is 2.26. The second kappa shape index (κ2) is 9.50. The number of anilines is 1. The Morgan fingerprint density at radius 3 is 2.31 bits per heavy atom. The van der Waals surface area contributed by atoms with Gasteiger partial charge in [0.1, 0.15) is 11.6 Å². The molecule has 0 aliphatic carbocycles. The summed E-state index contributed by atoms with van der Waals surface area (Å²) in [5, 5.41) is 2.73. The van der Waals surface area contributed by atoms with Crippen LogP contribution in [0, 0.1) is 5.82 Å². The Labute approximate surface area is 168 Å². The van der Waals surface area contributed by atoms with Crippen molar-refractivity contribution in [2.45, 2.75) is 13.0 Å². The van der Waals surface area contributed by atoms with E-state index in [1.54, 1.807) is 54.6 Å². The molecule has 0 aliphatic rings. The number of ether oxygens (including phenoxy) is 2. The van der Waals surface area contributed by atoms with Crippen LogP contribution in [-0.2, 0) is 9.53 Å². The number of amides is 1. The lowest BCUT2D eigenvalue weighted by Gasteiger charge is -2.19. The van der Waals surface area contributed by atoms with Crippen LogP contribution in [0.15, 0.2) is 78.9 Å². The van der Waals surface area contributed by atoms with Gasteiger partial charge >= 0.3 is 5.97 Å². The zero-order chi connectivity index (χ0) is 20.6. The minimum atomic E-state index is -1.27. The maximum absolute atomic E-state index is 14.0. The van der Waals surface area contributed by atoms with E-state index in [0.717, 1.165) is 6.07 Å². The molecule has 5 nitrogen and oxygen atoms in total. The van der Waals surface area contributed by atoms with E-state index in [2.05, 4.69) is 5.32 Å². The summed E-state index contributed by atoms with van der Waals surface area (Å²) in [5.74, 6) is -1.72. The van der Waals surface area contributed by atoms with E-state index in [0.29, 0.717) is 23.6 Å². The van der Waals surface area contributed by atoms with Crippen LogP contribution in [0.25, 0.3) is 0 Å². The fourth-order valence-electron chi connectivity index (χ4n) is 2.75. The quantitative estimate of drug-likeness (QED) is 0.588. The first kappa shape index (κ1) is 20.1. The normalized spacial score (nSPS) is 11.4. The molecule has 0 spiro atoms. The lowest BCUT2D eigenvalue weighted by molar-refractivity contribution is -0.125. The molecular weight excluding hydrogens is 373 g/mol. The molecule has 6 heteroatoms. The summed E-state index contributed by atoms with van der Waals surface area (Å²) in [7, 11) is 0. The van der Waals surface area contributed by atoms with Crippen LogP contribution in [0.4, 0.5) is 10.1 Å². The molecule has 0 radical (unpaired) electrons. The van der Waals surface area contributed by atoms with Crippen molar-refractivity contribution in [2.75, 3.05) is 11.9 Å². The maximum atomic E-state index is 14.0. The van der Waals surface area contributed by atoms with E-state index >= 15 is 0 Å². The van der Waals surface area contributed by atoms with Crippen molar-refractivity contribution < 1.29 is 23.5 Å². The van der Waals surface area contributed by atoms with Crippen LogP contribution in [0.2, 0.25) is 0 Å². The van der Waals surface area contributed by atoms with Gasteiger partial charge in [-0.25, -0.2) is 9.18 Å². The van der Waals surface area contributed by atoms with E-state index in [9.17, 15) is 14.0 Å². The van der Waals surface area contributed by atoms with E-state index in [1.807, 2.05) is 6.92 Å².